The molecule has 1 unspecified atom stereocenters. The molecule has 2 saturated carbocycles. The lowest BCUT2D eigenvalue weighted by Gasteiger charge is -2.26. The van der Waals surface area contributed by atoms with E-state index in [1.807, 2.05) is 0 Å². The van der Waals surface area contributed by atoms with Crippen LogP contribution in [-0.4, -0.2) is 79.5 Å². The van der Waals surface area contributed by atoms with Gasteiger partial charge in [-0.15, -0.1) is 10.2 Å². The van der Waals surface area contributed by atoms with E-state index in [9.17, 15) is 38.8 Å². The Morgan fingerprint density at radius 1 is 0.590 bits per heavy atom. The molecule has 1 heterocycles. The monoisotopic (exact) mass is 1080 g/mol. The first-order chi connectivity index (χ1) is 37.8. The van der Waals surface area contributed by atoms with Crippen LogP contribution in [0.5, 0.6) is 28.7 Å². The number of fused-ring (bicyclic) bond motifs is 1. The van der Waals surface area contributed by atoms with Crippen LogP contribution in [-0.2, 0) is 58.9 Å². The lowest BCUT2D eigenvalue weighted by Crippen LogP contribution is -2.30. The molecular weight excluding hydrogens is 1030 g/mol. The lowest BCUT2D eigenvalue weighted by atomic mass is 9.82. The van der Waals surface area contributed by atoms with Crippen LogP contribution in [0.3, 0.4) is 0 Å². The fraction of sp³-hybridized carbons (Fsp3) is 0.316. The number of ether oxygens (including phenoxy) is 9. The van der Waals surface area contributed by atoms with Crippen LogP contribution in [0.4, 0.5) is 10.8 Å². The minimum Gasteiger partial charge on any atom is -0.490 e. The van der Waals surface area contributed by atoms with E-state index < -0.39 is 65.6 Å². The third-order valence-corrected chi connectivity index (χ3v) is 13.6. The van der Waals surface area contributed by atoms with Crippen LogP contribution in [0.25, 0.3) is 10.2 Å². The van der Waals surface area contributed by atoms with Gasteiger partial charge >= 0.3 is 41.8 Å². The molecule has 2 aliphatic rings. The Kier molecular flexibility index (Phi) is 20.5. The Labute approximate surface area is 452 Å². The molecule has 5 aromatic rings. The number of nitrogens with zero attached hydrogens (tertiary/aromatic N) is 4. The second-order valence-corrected chi connectivity index (χ2v) is 18.8. The zero-order chi connectivity index (χ0) is 55.4. The molecule has 20 nitrogen and oxygen atoms in total. The second kappa shape index (κ2) is 28.2. The summed E-state index contributed by atoms with van der Waals surface area (Å²) < 4.78 is 49.6. The van der Waals surface area contributed by atoms with Gasteiger partial charge in [-0.25, -0.2) is 19.4 Å². The molecule has 0 spiro atoms. The first kappa shape index (κ1) is 56.7. The highest BCUT2D eigenvalue weighted by atomic mass is 32.1. The number of benzene rings is 4. The van der Waals surface area contributed by atoms with Crippen LogP contribution >= 0.6 is 11.3 Å². The largest absolute Gasteiger partial charge is 0.490 e. The average Bonchev–Trinajstić information content (AvgIpc) is 3.96. The highest BCUT2D eigenvalue weighted by Gasteiger charge is 2.34. The molecular formula is C57H54N4O16S. The molecule has 4 aromatic carbocycles. The number of thiazole rings is 1. The fourth-order valence-electron chi connectivity index (χ4n) is 8.32. The molecule has 0 N–H and O–H groups in total. The van der Waals surface area contributed by atoms with Crippen LogP contribution in [0, 0.1) is 35.0 Å². The summed E-state index contributed by atoms with van der Waals surface area (Å²) in [6.07, 6.45) is 5.64. The quantitative estimate of drug-likeness (QED) is 0.0139. The maximum Gasteiger partial charge on any atom is 0.333 e. The third kappa shape index (κ3) is 16.5. The van der Waals surface area contributed by atoms with Crippen molar-refractivity contribution in [3.8, 4) is 34.8 Å². The molecule has 0 saturated heterocycles. The number of azo groups is 1. The first-order valence-corrected chi connectivity index (χ1v) is 25.7. The van der Waals surface area contributed by atoms with Crippen molar-refractivity contribution < 1.29 is 76.2 Å². The van der Waals surface area contributed by atoms with Gasteiger partial charge in [0.1, 0.15) is 41.7 Å². The molecule has 2 fully saturated rings. The summed E-state index contributed by atoms with van der Waals surface area (Å²) in [6.45, 7) is 9.35. The van der Waals surface area contributed by atoms with E-state index in [4.69, 9.17) is 42.6 Å². The van der Waals surface area contributed by atoms with E-state index in [-0.39, 0.29) is 49.2 Å². The number of rotatable bonds is 24. The average molecular weight is 1080 g/mol. The van der Waals surface area contributed by atoms with Crippen LogP contribution in [0.15, 0.2) is 133 Å². The molecule has 78 heavy (non-hydrogen) atoms. The minimum atomic E-state index is -0.925. The zero-order valence-corrected chi connectivity index (χ0v) is 43.1. The van der Waals surface area contributed by atoms with Crippen LogP contribution in [0.2, 0.25) is 0 Å². The highest BCUT2D eigenvalue weighted by molar-refractivity contribution is 7.22. The molecule has 21 heteroatoms. The van der Waals surface area contributed by atoms with E-state index >= 15 is 0 Å². The summed E-state index contributed by atoms with van der Waals surface area (Å²) in [7, 11) is 0. The smallest absolute Gasteiger partial charge is 0.333 e. The van der Waals surface area contributed by atoms with Gasteiger partial charge in [-0.3, -0.25) is 19.2 Å². The van der Waals surface area contributed by atoms with Gasteiger partial charge in [-0.2, -0.15) is 5.26 Å². The van der Waals surface area contributed by atoms with E-state index in [1.165, 1.54) is 11.3 Å². The Balaban J connectivity index is 0.902. The summed E-state index contributed by atoms with van der Waals surface area (Å²) >= 11 is 1.22. The predicted octanol–water partition coefficient (Wildman–Crippen LogP) is 9.67. The van der Waals surface area contributed by atoms with Crippen LogP contribution < -0.4 is 23.7 Å². The van der Waals surface area contributed by atoms with Gasteiger partial charge < -0.3 is 42.6 Å². The van der Waals surface area contributed by atoms with Crippen molar-refractivity contribution in [3.05, 3.63) is 134 Å². The number of nitriles is 1. The standard InChI is InChI=1S/C57H54N4O16S/c1-4-48(62)71-33-46(74-50(64)6-3)32-70-42-20-24-44(25-21-42)75-55(67)39-13-15-40(16-14-39)56(68)77-47-28-17-36(52-51(47)59-57(78-52)61-60-41-18-7-35(31-58)8-19-41)29-30-69-53(65)37-9-11-38(12-10-37)54(66)76-45-26-22-43(23-27-45)72-34-73-49(63)5-2/h4-8,17-28,37-40,46H,1-3,9-16,29-30,32-34H2/b61-60+. The summed E-state index contributed by atoms with van der Waals surface area (Å²) in [5.41, 5.74) is 2.09. The van der Waals surface area contributed by atoms with Gasteiger partial charge in [0.25, 0.3) is 0 Å². The number of carbonyl (C=O) groups is 7. The molecule has 404 valence electrons. The molecule has 0 aliphatic heterocycles. The number of aromatic nitrogens is 1. The number of hydrogen-bond acceptors (Lipinski definition) is 21. The highest BCUT2D eigenvalue weighted by Crippen LogP contribution is 2.39. The summed E-state index contributed by atoms with van der Waals surface area (Å²) in [4.78, 5) is 92.3. The van der Waals surface area contributed by atoms with Gasteiger partial charge in [0.05, 0.1) is 52.3 Å². The van der Waals surface area contributed by atoms with Crippen LogP contribution in [0.1, 0.15) is 62.5 Å². The van der Waals surface area contributed by atoms with E-state index in [0.29, 0.717) is 96.5 Å². The maximum absolute atomic E-state index is 13.7. The molecule has 1 atom stereocenters. The maximum atomic E-state index is 13.7. The second-order valence-electron chi connectivity index (χ2n) is 17.8. The Morgan fingerprint density at radius 2 is 1.10 bits per heavy atom. The Bertz CT molecular complexity index is 3060. The van der Waals surface area contributed by atoms with Gasteiger partial charge in [0.2, 0.25) is 11.9 Å². The Morgan fingerprint density at radius 3 is 1.65 bits per heavy atom. The van der Waals surface area contributed by atoms with E-state index in [0.717, 1.165) is 23.8 Å². The van der Waals surface area contributed by atoms with Crippen molar-refractivity contribution in [2.45, 2.75) is 63.9 Å². The van der Waals surface area contributed by atoms with Crippen molar-refractivity contribution in [1.29, 1.82) is 5.26 Å². The van der Waals surface area contributed by atoms with E-state index in [2.05, 4.69) is 41.0 Å². The normalized spacial score (nSPS) is 17.2. The fourth-order valence-corrected chi connectivity index (χ4v) is 9.27. The van der Waals surface area contributed by atoms with Crippen molar-refractivity contribution in [2.75, 3.05) is 26.6 Å². The van der Waals surface area contributed by atoms with E-state index in [1.54, 1.807) is 84.9 Å². The Hall–Kier alpha value is -9.03. The number of hydrogen-bond donors (Lipinski definition) is 0. The predicted molar refractivity (Wildman–Crippen MR) is 279 cm³/mol. The van der Waals surface area contributed by atoms with Gasteiger partial charge in [0, 0.05) is 24.6 Å². The lowest BCUT2D eigenvalue weighted by molar-refractivity contribution is -0.154. The topological polar surface area (TPSA) is 264 Å². The van der Waals surface area contributed by atoms with Gasteiger partial charge in [-0.1, -0.05) is 37.1 Å². The molecule has 0 bridgehead atoms. The summed E-state index contributed by atoms with van der Waals surface area (Å²) in [6, 6.07) is 24.5. The van der Waals surface area contributed by atoms with Gasteiger partial charge in [-0.05, 0) is 136 Å². The van der Waals surface area contributed by atoms with Gasteiger partial charge in [0.15, 0.2) is 11.9 Å². The van der Waals surface area contributed by atoms with Crippen molar-refractivity contribution in [1.82, 2.24) is 4.98 Å². The molecule has 1 aromatic heterocycles. The van der Waals surface area contributed by atoms with Crippen molar-refractivity contribution in [2.24, 2.45) is 33.9 Å². The van der Waals surface area contributed by atoms with Crippen molar-refractivity contribution >= 4 is 74.2 Å². The SMILES string of the molecule is C=CC(=O)OCOc1ccc(OC(=O)C2CCC(C(=O)OCCc3ccc(OC(=O)C4CCC(C(=O)Oc5ccc(OCC(COC(=O)C=C)OC(=O)C=C)cc5)CC4)c4nc(/N=N/c5ccc(C#N)cc5)sc34)CC2)cc1. The first-order valence-electron chi connectivity index (χ1n) is 24.8. The molecule has 7 rings (SSSR count). The zero-order valence-electron chi connectivity index (χ0n) is 42.2. The molecule has 2 aliphatic carbocycles. The summed E-state index contributed by atoms with van der Waals surface area (Å²) in [5.74, 6) is -3.92. The number of esters is 7. The molecule has 0 amide bonds. The molecule has 0 radical (unpaired) electrons. The number of carbonyl (C=O) groups excluding carboxylic acids is 7. The third-order valence-electron chi connectivity index (χ3n) is 12.6. The van der Waals surface area contributed by atoms with Crippen molar-refractivity contribution in [3.63, 3.8) is 0 Å². The summed E-state index contributed by atoms with van der Waals surface area (Å²) in [5, 5.41) is 18.1. The minimum absolute atomic E-state index is 0.0474.